The van der Waals surface area contributed by atoms with E-state index in [1.807, 2.05) is 18.7 Å². The van der Waals surface area contributed by atoms with Gasteiger partial charge >= 0.3 is 6.09 Å². The van der Waals surface area contributed by atoms with Crippen LogP contribution in [0.2, 0.25) is 0 Å². The summed E-state index contributed by atoms with van der Waals surface area (Å²) in [6.07, 6.45) is 7.84. The highest BCUT2D eigenvalue weighted by Gasteiger charge is 2.34. The molecular weight excluding hydrogens is 464 g/mol. The lowest BCUT2D eigenvalue weighted by atomic mass is 9.89. The Morgan fingerprint density at radius 2 is 1.86 bits per heavy atom. The number of alkyl carbamates (subject to hydrolysis) is 1. The molecule has 4 amide bonds. The van der Waals surface area contributed by atoms with Gasteiger partial charge in [-0.2, -0.15) is 0 Å². The zero-order chi connectivity index (χ0) is 26.1. The maximum atomic E-state index is 13.0. The van der Waals surface area contributed by atoms with Gasteiger partial charge in [-0.15, -0.1) is 0 Å². The Balaban J connectivity index is 1.50. The van der Waals surface area contributed by atoms with E-state index < -0.39 is 24.1 Å². The van der Waals surface area contributed by atoms with Crippen LogP contribution in [-0.4, -0.2) is 78.3 Å². The number of nitrogens with zero attached hydrogens (tertiary/aromatic N) is 1. The van der Waals surface area contributed by atoms with E-state index in [-0.39, 0.29) is 42.9 Å². The normalized spacial score (nSPS) is 24.5. The second-order valence-corrected chi connectivity index (χ2v) is 11.1. The van der Waals surface area contributed by atoms with Crippen LogP contribution in [0.5, 0.6) is 0 Å². The van der Waals surface area contributed by atoms with Crippen molar-refractivity contribution < 1.29 is 29.0 Å². The van der Waals surface area contributed by atoms with E-state index in [0.29, 0.717) is 44.6 Å². The summed E-state index contributed by atoms with van der Waals surface area (Å²) in [5.41, 5.74) is 0. The molecule has 1 aliphatic carbocycles. The van der Waals surface area contributed by atoms with Crippen LogP contribution in [0.1, 0.15) is 78.1 Å². The van der Waals surface area contributed by atoms with Gasteiger partial charge in [-0.05, 0) is 50.4 Å². The van der Waals surface area contributed by atoms with Gasteiger partial charge in [-0.25, -0.2) is 4.79 Å². The molecule has 10 nitrogen and oxygen atoms in total. The van der Waals surface area contributed by atoms with Crippen molar-refractivity contribution in [3.05, 3.63) is 0 Å². The van der Waals surface area contributed by atoms with Crippen molar-refractivity contribution in [1.29, 1.82) is 0 Å². The Hall–Kier alpha value is -2.36. The molecule has 0 unspecified atom stereocenters. The molecule has 0 radical (unpaired) electrons. The smallest absolute Gasteiger partial charge is 0.407 e. The van der Waals surface area contributed by atoms with Crippen molar-refractivity contribution in [2.45, 2.75) is 96.2 Å². The van der Waals surface area contributed by atoms with Crippen LogP contribution in [0.15, 0.2) is 0 Å². The molecule has 0 aromatic rings. The number of likely N-dealkylation sites (tertiary alicyclic amines) is 1. The van der Waals surface area contributed by atoms with Crippen molar-refractivity contribution >= 4 is 23.8 Å². The summed E-state index contributed by atoms with van der Waals surface area (Å²) in [4.78, 5) is 51.8. The number of hydrogen-bond acceptors (Lipinski definition) is 6. The molecule has 1 saturated carbocycles. The molecule has 2 heterocycles. The van der Waals surface area contributed by atoms with E-state index in [1.54, 1.807) is 0 Å². The Kier molecular flexibility index (Phi) is 10.8. The number of ether oxygens (including phenoxy) is 1. The summed E-state index contributed by atoms with van der Waals surface area (Å²) >= 11 is 0. The molecule has 36 heavy (non-hydrogen) atoms. The number of amides is 4. The quantitative estimate of drug-likeness (QED) is 0.317. The fraction of sp³-hybridized carbons (Fsp3) is 0.846. The van der Waals surface area contributed by atoms with Gasteiger partial charge < -0.3 is 30.7 Å². The Morgan fingerprint density at radius 1 is 1.11 bits per heavy atom. The minimum atomic E-state index is -0.826. The average molecular weight is 509 g/mol. The fourth-order valence-electron chi connectivity index (χ4n) is 5.62. The highest BCUT2D eigenvalue weighted by atomic mass is 16.5. The summed E-state index contributed by atoms with van der Waals surface area (Å²) in [6, 6.07) is -1.52. The van der Waals surface area contributed by atoms with Gasteiger partial charge in [0.2, 0.25) is 17.7 Å². The summed E-state index contributed by atoms with van der Waals surface area (Å²) in [7, 11) is 0. The predicted octanol–water partition coefficient (Wildman–Crippen LogP) is 1.70. The van der Waals surface area contributed by atoms with Crippen molar-refractivity contribution in [3.8, 4) is 0 Å². The summed E-state index contributed by atoms with van der Waals surface area (Å²) < 4.78 is 5.48. The van der Waals surface area contributed by atoms with Gasteiger partial charge in [0.05, 0.1) is 18.7 Å². The molecular formula is C26H44N4O6. The molecule has 0 bridgehead atoms. The number of rotatable bonds is 12. The molecule has 0 spiro atoms. The maximum absolute atomic E-state index is 13.0. The first-order chi connectivity index (χ1) is 17.3. The monoisotopic (exact) mass is 508 g/mol. The summed E-state index contributed by atoms with van der Waals surface area (Å²) in [5.74, 6) is 0.0602. The summed E-state index contributed by atoms with van der Waals surface area (Å²) in [6.45, 7) is 5.05. The fourth-order valence-corrected chi connectivity index (χ4v) is 5.62. The van der Waals surface area contributed by atoms with Gasteiger partial charge in [-0.3, -0.25) is 14.4 Å². The van der Waals surface area contributed by atoms with E-state index in [1.165, 1.54) is 19.3 Å². The van der Waals surface area contributed by atoms with E-state index in [0.717, 1.165) is 19.4 Å². The zero-order valence-electron chi connectivity index (χ0n) is 21.8. The lowest BCUT2D eigenvalue weighted by Gasteiger charge is -2.31. The topological polar surface area (TPSA) is 137 Å². The van der Waals surface area contributed by atoms with Gasteiger partial charge in [0.25, 0.3) is 0 Å². The molecule has 204 valence electrons. The lowest BCUT2D eigenvalue weighted by Crippen LogP contribution is -2.52. The number of carbonyl (C=O) groups is 4. The van der Waals surface area contributed by atoms with Crippen LogP contribution < -0.4 is 16.0 Å². The van der Waals surface area contributed by atoms with Gasteiger partial charge in [0.15, 0.2) is 0 Å². The molecule has 10 heteroatoms. The predicted molar refractivity (Wildman–Crippen MR) is 134 cm³/mol. The molecule has 4 atom stereocenters. The van der Waals surface area contributed by atoms with Crippen molar-refractivity contribution in [3.63, 3.8) is 0 Å². The maximum Gasteiger partial charge on any atom is 0.407 e. The first kappa shape index (κ1) is 28.2. The van der Waals surface area contributed by atoms with Crippen molar-refractivity contribution in [2.75, 3.05) is 26.3 Å². The zero-order valence-corrected chi connectivity index (χ0v) is 21.8. The Labute approximate surface area is 214 Å². The molecule has 3 rings (SSSR count). The second-order valence-electron chi connectivity index (χ2n) is 11.1. The SMILES string of the molecule is CC(C)C[C@H](NC(=O)OC[C@H]1CCC(=O)N1CC1CCCCC1)C(=O)N[C@H](CO)C[C@@H]1CCNC1=O. The first-order valence-corrected chi connectivity index (χ1v) is 13.7. The first-order valence-electron chi connectivity index (χ1n) is 13.7. The van der Waals surface area contributed by atoms with E-state index in [2.05, 4.69) is 16.0 Å². The minimum Gasteiger partial charge on any atom is -0.447 e. The van der Waals surface area contributed by atoms with Crippen LogP contribution in [0.25, 0.3) is 0 Å². The third-order valence-corrected chi connectivity index (χ3v) is 7.65. The molecule has 0 aromatic heterocycles. The van der Waals surface area contributed by atoms with Gasteiger partial charge in [0, 0.05) is 25.4 Å². The number of carbonyl (C=O) groups excluding carboxylic acids is 4. The third kappa shape index (κ3) is 8.35. The van der Waals surface area contributed by atoms with E-state index in [9.17, 15) is 24.3 Å². The molecule has 4 N–H and O–H groups in total. The van der Waals surface area contributed by atoms with Crippen LogP contribution >= 0.6 is 0 Å². The van der Waals surface area contributed by atoms with Crippen molar-refractivity contribution in [2.24, 2.45) is 17.8 Å². The number of nitrogens with one attached hydrogen (secondary N) is 3. The highest BCUT2D eigenvalue weighted by molar-refractivity contribution is 5.86. The van der Waals surface area contributed by atoms with Crippen LogP contribution in [-0.2, 0) is 19.1 Å². The van der Waals surface area contributed by atoms with Crippen LogP contribution in [0, 0.1) is 17.8 Å². The molecule has 2 saturated heterocycles. The van der Waals surface area contributed by atoms with Crippen LogP contribution in [0.4, 0.5) is 4.79 Å². The molecule has 0 aromatic carbocycles. The highest BCUT2D eigenvalue weighted by Crippen LogP contribution is 2.28. The molecule has 3 fully saturated rings. The number of aliphatic hydroxyl groups excluding tert-OH is 1. The molecule has 2 aliphatic heterocycles. The standard InChI is InChI=1S/C26H44N4O6/c1-17(2)12-22(25(34)28-20(15-31)13-19-10-11-27-24(19)33)29-26(35)36-16-21-8-9-23(32)30(21)14-18-6-4-3-5-7-18/h17-22,31H,3-16H2,1-2H3,(H,27,33)(H,28,34)(H,29,35)/t19-,20-,21+,22-/m0/s1. The van der Waals surface area contributed by atoms with Crippen LogP contribution in [0.3, 0.4) is 0 Å². The van der Waals surface area contributed by atoms with Gasteiger partial charge in [0.1, 0.15) is 12.6 Å². The molecule has 3 aliphatic rings. The Bertz CT molecular complexity index is 770. The second kappa shape index (κ2) is 13.8. The largest absolute Gasteiger partial charge is 0.447 e. The van der Waals surface area contributed by atoms with Gasteiger partial charge in [-0.1, -0.05) is 33.1 Å². The van der Waals surface area contributed by atoms with E-state index in [4.69, 9.17) is 4.74 Å². The van der Waals surface area contributed by atoms with Crippen molar-refractivity contribution in [1.82, 2.24) is 20.9 Å². The van der Waals surface area contributed by atoms with E-state index >= 15 is 0 Å². The minimum absolute atomic E-state index is 0.0638. The average Bonchev–Trinajstić information content (AvgIpc) is 3.41. The third-order valence-electron chi connectivity index (χ3n) is 7.65. The number of aliphatic hydroxyl groups is 1. The summed E-state index contributed by atoms with van der Waals surface area (Å²) in [5, 5.41) is 18.0. The lowest BCUT2D eigenvalue weighted by molar-refractivity contribution is -0.130. The Morgan fingerprint density at radius 3 is 2.50 bits per heavy atom. The number of hydrogen-bond donors (Lipinski definition) is 4.